The minimum absolute atomic E-state index is 0.559. The monoisotopic (exact) mass is 232 g/mol. The lowest BCUT2D eigenvalue weighted by Crippen LogP contribution is -2.31. The third-order valence-electron chi connectivity index (χ3n) is 3.40. The molecule has 3 rings (SSSR count). The van der Waals surface area contributed by atoms with Crippen molar-refractivity contribution in [3.8, 4) is 0 Å². The number of hydrogen-bond donors (Lipinski definition) is 2. The van der Waals surface area contributed by atoms with Crippen molar-refractivity contribution in [2.75, 3.05) is 0 Å². The topological polar surface area (TPSA) is 40.5 Å². The summed E-state index contributed by atoms with van der Waals surface area (Å²) in [4.78, 5) is 1.09. The van der Waals surface area contributed by atoms with Crippen molar-refractivity contribution in [3.05, 3.63) is 35.9 Å². The summed E-state index contributed by atoms with van der Waals surface area (Å²) in [7, 11) is -1.35. The van der Waals surface area contributed by atoms with Crippen LogP contribution in [0.1, 0.15) is 24.3 Å². The Bertz CT molecular complexity index is 445. The molecule has 1 aromatic rings. The summed E-state index contributed by atoms with van der Waals surface area (Å²) in [5.74, 6) is 0.559. The van der Waals surface area contributed by atoms with E-state index in [-0.39, 0.29) is 0 Å². The molecule has 0 saturated heterocycles. The summed E-state index contributed by atoms with van der Waals surface area (Å²) in [6.45, 7) is 0. The van der Waals surface area contributed by atoms with Crippen LogP contribution in [-0.4, -0.2) is 22.4 Å². The second-order valence-corrected chi connectivity index (χ2v) is 5.59. The molecule has 82 valence electrons. The Morgan fingerprint density at radius 3 is 2.81 bits per heavy atom. The van der Waals surface area contributed by atoms with Gasteiger partial charge in [-0.05, 0) is 23.9 Å². The fourth-order valence-corrected chi connectivity index (χ4v) is 4.20. The summed E-state index contributed by atoms with van der Waals surface area (Å²) in [5.41, 5.74) is 1.96. The molecule has 2 N–H and O–H groups in total. The number of fused-ring (bicyclic) bond motifs is 3. The number of thioether (sulfide) groups is 1. The molecule has 2 unspecified atom stereocenters. The van der Waals surface area contributed by atoms with Crippen molar-refractivity contribution in [1.29, 1.82) is 0 Å². The fourth-order valence-electron chi connectivity index (χ4n) is 2.60. The van der Waals surface area contributed by atoms with E-state index in [1.807, 2.05) is 6.07 Å². The quantitative estimate of drug-likeness (QED) is 0.566. The Hall–Kier alpha value is -0.705. The third-order valence-corrected chi connectivity index (χ3v) is 4.93. The van der Waals surface area contributed by atoms with Crippen LogP contribution in [0.3, 0.4) is 0 Å². The van der Waals surface area contributed by atoms with E-state index in [0.717, 1.165) is 17.7 Å². The van der Waals surface area contributed by atoms with E-state index < -0.39 is 7.12 Å². The molecule has 0 aromatic heterocycles. The zero-order valence-corrected chi connectivity index (χ0v) is 9.65. The van der Waals surface area contributed by atoms with Gasteiger partial charge < -0.3 is 10.0 Å². The Kier molecular flexibility index (Phi) is 2.58. The zero-order valence-electron chi connectivity index (χ0n) is 8.84. The molecule has 4 heteroatoms. The van der Waals surface area contributed by atoms with Crippen LogP contribution >= 0.6 is 11.8 Å². The van der Waals surface area contributed by atoms with Gasteiger partial charge in [0.05, 0.1) is 0 Å². The Morgan fingerprint density at radius 2 is 2.00 bits per heavy atom. The van der Waals surface area contributed by atoms with E-state index in [1.165, 1.54) is 5.56 Å². The molecule has 0 amide bonds. The van der Waals surface area contributed by atoms with Gasteiger partial charge in [0.25, 0.3) is 0 Å². The molecule has 0 fully saturated rings. The lowest BCUT2D eigenvalue weighted by molar-refractivity contribution is 0.425. The average molecular weight is 232 g/mol. The fraction of sp³-hybridized carbons (Fsp3) is 0.333. The maximum absolute atomic E-state index is 9.35. The molecule has 16 heavy (non-hydrogen) atoms. The lowest BCUT2D eigenvalue weighted by atomic mass is 9.77. The van der Waals surface area contributed by atoms with Crippen molar-refractivity contribution in [2.24, 2.45) is 0 Å². The minimum atomic E-state index is -1.35. The first-order valence-corrected chi connectivity index (χ1v) is 6.46. The summed E-state index contributed by atoms with van der Waals surface area (Å²) in [6, 6.07) is 5.86. The Morgan fingerprint density at radius 1 is 1.19 bits per heavy atom. The molecular formula is C12H13BO2S. The summed E-state index contributed by atoms with van der Waals surface area (Å²) in [6.07, 6.45) is 6.63. The van der Waals surface area contributed by atoms with E-state index in [4.69, 9.17) is 0 Å². The largest absolute Gasteiger partial charge is 0.489 e. The van der Waals surface area contributed by atoms with Gasteiger partial charge in [-0.3, -0.25) is 0 Å². The molecule has 0 bridgehead atoms. The summed E-state index contributed by atoms with van der Waals surface area (Å²) < 4.78 is 0. The van der Waals surface area contributed by atoms with Gasteiger partial charge in [0, 0.05) is 16.1 Å². The van der Waals surface area contributed by atoms with Gasteiger partial charge in [-0.25, -0.2) is 0 Å². The third kappa shape index (κ3) is 1.53. The van der Waals surface area contributed by atoms with Gasteiger partial charge in [-0.2, -0.15) is 0 Å². The molecule has 0 radical (unpaired) electrons. The highest BCUT2D eigenvalue weighted by molar-refractivity contribution is 8.00. The maximum atomic E-state index is 9.35. The summed E-state index contributed by atoms with van der Waals surface area (Å²) in [5, 5.41) is 19.3. The maximum Gasteiger partial charge on any atom is 0.489 e. The predicted octanol–water partition coefficient (Wildman–Crippen LogP) is 1.27. The van der Waals surface area contributed by atoms with Crippen molar-refractivity contribution in [3.63, 3.8) is 0 Å². The van der Waals surface area contributed by atoms with Crippen LogP contribution in [-0.2, 0) is 0 Å². The number of hydrogen-bond acceptors (Lipinski definition) is 3. The number of benzene rings is 1. The first-order chi connectivity index (χ1) is 7.77. The minimum Gasteiger partial charge on any atom is -0.423 e. The van der Waals surface area contributed by atoms with E-state index in [1.54, 1.807) is 17.8 Å². The second kappa shape index (κ2) is 3.95. The molecule has 1 aliphatic carbocycles. The van der Waals surface area contributed by atoms with Crippen LogP contribution in [0.2, 0.25) is 0 Å². The van der Waals surface area contributed by atoms with Crippen LogP contribution in [0.4, 0.5) is 0 Å². The molecule has 2 atom stereocenters. The van der Waals surface area contributed by atoms with Gasteiger partial charge in [0.2, 0.25) is 0 Å². The van der Waals surface area contributed by atoms with E-state index >= 15 is 0 Å². The highest BCUT2D eigenvalue weighted by Crippen LogP contribution is 2.49. The van der Waals surface area contributed by atoms with E-state index in [0.29, 0.717) is 16.6 Å². The number of allylic oxidation sites excluding steroid dienone is 2. The van der Waals surface area contributed by atoms with E-state index in [9.17, 15) is 10.0 Å². The van der Waals surface area contributed by atoms with Crippen LogP contribution in [0.25, 0.3) is 0 Å². The van der Waals surface area contributed by atoms with Gasteiger partial charge in [0.15, 0.2) is 0 Å². The molecule has 0 spiro atoms. The van der Waals surface area contributed by atoms with Crippen LogP contribution < -0.4 is 5.46 Å². The average Bonchev–Trinajstić information content (AvgIpc) is 2.67. The van der Waals surface area contributed by atoms with Gasteiger partial charge >= 0.3 is 7.12 Å². The van der Waals surface area contributed by atoms with Gasteiger partial charge in [-0.1, -0.05) is 30.4 Å². The highest BCUT2D eigenvalue weighted by Gasteiger charge is 2.36. The van der Waals surface area contributed by atoms with Crippen molar-refractivity contribution in [2.45, 2.75) is 28.9 Å². The molecular weight excluding hydrogens is 219 g/mol. The van der Waals surface area contributed by atoms with Gasteiger partial charge in [0.1, 0.15) is 0 Å². The molecule has 2 aliphatic rings. The zero-order chi connectivity index (χ0) is 11.1. The standard InChI is InChI=1S/C12H13BO2S/c14-13(15)10-6-3-5-9-8-4-1-2-7-11(8)16-12(9)10/h1-3,5-6,8,11,14-15H,4,7H2. The Labute approximate surface area is 99.5 Å². The predicted molar refractivity (Wildman–Crippen MR) is 67.0 cm³/mol. The molecule has 0 saturated carbocycles. The normalized spacial score (nSPS) is 26.4. The van der Waals surface area contributed by atoms with Crippen molar-refractivity contribution in [1.82, 2.24) is 0 Å². The van der Waals surface area contributed by atoms with E-state index in [2.05, 4.69) is 18.2 Å². The van der Waals surface area contributed by atoms with Crippen molar-refractivity contribution >= 4 is 24.3 Å². The smallest absolute Gasteiger partial charge is 0.423 e. The molecule has 1 heterocycles. The molecule has 1 aliphatic heterocycles. The van der Waals surface area contributed by atoms with Crippen LogP contribution in [0.15, 0.2) is 35.2 Å². The van der Waals surface area contributed by atoms with Crippen LogP contribution in [0.5, 0.6) is 0 Å². The second-order valence-electron chi connectivity index (χ2n) is 4.34. The Balaban J connectivity index is 2.06. The van der Waals surface area contributed by atoms with Gasteiger partial charge in [-0.15, -0.1) is 11.8 Å². The first-order valence-electron chi connectivity index (χ1n) is 5.58. The number of rotatable bonds is 1. The SMILES string of the molecule is OB(O)c1cccc2c1SC1CC=CCC21. The first kappa shape index (κ1) is 10.4. The summed E-state index contributed by atoms with van der Waals surface area (Å²) >= 11 is 1.80. The highest BCUT2D eigenvalue weighted by atomic mass is 32.2. The molecule has 2 nitrogen and oxygen atoms in total. The molecule has 1 aromatic carbocycles. The van der Waals surface area contributed by atoms with Crippen LogP contribution in [0, 0.1) is 0 Å². The van der Waals surface area contributed by atoms with Crippen molar-refractivity contribution < 1.29 is 10.0 Å². The lowest BCUT2D eigenvalue weighted by Gasteiger charge is -2.20.